The molecule has 1 N–H and O–H groups in total. The number of benzene rings is 1. The predicted octanol–water partition coefficient (Wildman–Crippen LogP) is 3.47. The van der Waals surface area contributed by atoms with E-state index in [9.17, 15) is 23.3 Å². The van der Waals surface area contributed by atoms with Crippen molar-refractivity contribution >= 4 is 21.6 Å². The number of nitro groups is 1. The van der Waals surface area contributed by atoms with Gasteiger partial charge in [-0.3, -0.25) is 14.9 Å². The van der Waals surface area contributed by atoms with Crippen LogP contribution in [0.3, 0.4) is 0 Å². The van der Waals surface area contributed by atoms with E-state index in [-0.39, 0.29) is 23.8 Å². The molecule has 0 bridgehead atoms. The molecule has 0 unspecified atom stereocenters. The minimum Gasteiger partial charge on any atom is -0.359 e. The lowest BCUT2D eigenvalue weighted by Gasteiger charge is -2.25. The molecule has 2 rings (SSSR count). The van der Waals surface area contributed by atoms with Crippen LogP contribution in [0.2, 0.25) is 0 Å². The van der Waals surface area contributed by atoms with Crippen LogP contribution in [0, 0.1) is 16.0 Å². The highest BCUT2D eigenvalue weighted by Gasteiger charge is 2.31. The second kappa shape index (κ2) is 11.3. The van der Waals surface area contributed by atoms with Crippen molar-refractivity contribution in [2.45, 2.75) is 62.7 Å². The number of carbonyl (C=O) groups excluding carboxylic acids is 1. The Balaban J connectivity index is 2.13. The molecule has 1 fully saturated rings. The van der Waals surface area contributed by atoms with Crippen LogP contribution in [0.15, 0.2) is 29.2 Å². The Bertz CT molecular complexity index is 791. The quantitative estimate of drug-likeness (QED) is 0.431. The van der Waals surface area contributed by atoms with E-state index in [4.69, 9.17) is 0 Å². The summed E-state index contributed by atoms with van der Waals surface area (Å²) in [5.41, 5.74) is -0.420. The van der Waals surface area contributed by atoms with Crippen molar-refractivity contribution in [2.24, 2.45) is 5.92 Å². The van der Waals surface area contributed by atoms with Gasteiger partial charge < -0.3 is 5.32 Å². The standard InChI is InChI=1S/C20H31N3O5S/c1-21-20(24)14-8-16-22(15-7-11-17-9-3-2-4-10-17)29(27,28)19-13-6-5-12-18(19)23(25)26/h5-6,12-13,17H,2-4,7-11,14-16H2,1H3,(H,21,24). The second-order valence-corrected chi connectivity index (χ2v) is 9.46. The van der Waals surface area contributed by atoms with Gasteiger partial charge in [0.1, 0.15) is 0 Å². The molecule has 0 atom stereocenters. The fourth-order valence-corrected chi connectivity index (χ4v) is 5.56. The number of carbonyl (C=O) groups is 1. The van der Waals surface area contributed by atoms with Crippen LogP contribution < -0.4 is 5.32 Å². The van der Waals surface area contributed by atoms with Gasteiger partial charge in [0.15, 0.2) is 4.90 Å². The fraction of sp³-hybridized carbons (Fsp3) is 0.650. The maximum Gasteiger partial charge on any atom is 0.289 e. The third kappa shape index (κ3) is 6.78. The number of amides is 1. The molecule has 162 valence electrons. The zero-order chi connectivity index (χ0) is 21.3. The molecule has 1 aromatic carbocycles. The van der Waals surface area contributed by atoms with Gasteiger partial charge >= 0.3 is 0 Å². The molecular formula is C20H31N3O5S. The normalized spacial score (nSPS) is 15.4. The van der Waals surface area contributed by atoms with Gasteiger partial charge in [0.2, 0.25) is 15.9 Å². The maximum absolute atomic E-state index is 13.2. The SMILES string of the molecule is CNC(=O)CCCN(CCCC1CCCCC1)S(=O)(=O)c1ccccc1[N+](=O)[O-]. The molecule has 1 amide bonds. The molecule has 8 nitrogen and oxygen atoms in total. The summed E-state index contributed by atoms with van der Waals surface area (Å²) in [7, 11) is -2.49. The molecule has 1 aliphatic rings. The molecule has 0 aliphatic heterocycles. The molecular weight excluding hydrogens is 394 g/mol. The number of para-hydroxylation sites is 1. The van der Waals surface area contributed by atoms with E-state index in [1.54, 1.807) is 0 Å². The van der Waals surface area contributed by atoms with Gasteiger partial charge in [-0.25, -0.2) is 8.42 Å². The van der Waals surface area contributed by atoms with E-state index in [2.05, 4.69) is 5.32 Å². The minimum absolute atomic E-state index is 0.157. The Morgan fingerprint density at radius 2 is 1.83 bits per heavy atom. The Morgan fingerprint density at radius 1 is 1.17 bits per heavy atom. The third-order valence-electron chi connectivity index (χ3n) is 5.51. The lowest BCUT2D eigenvalue weighted by molar-refractivity contribution is -0.387. The van der Waals surface area contributed by atoms with Crippen molar-refractivity contribution in [3.05, 3.63) is 34.4 Å². The van der Waals surface area contributed by atoms with Crippen LogP contribution in [0.1, 0.15) is 57.8 Å². The van der Waals surface area contributed by atoms with Gasteiger partial charge in [0, 0.05) is 32.6 Å². The lowest BCUT2D eigenvalue weighted by atomic mass is 9.86. The van der Waals surface area contributed by atoms with Crippen LogP contribution in [0.5, 0.6) is 0 Å². The van der Waals surface area contributed by atoms with E-state index < -0.39 is 20.6 Å². The molecule has 0 spiro atoms. The number of sulfonamides is 1. The Morgan fingerprint density at radius 3 is 2.48 bits per heavy atom. The van der Waals surface area contributed by atoms with Gasteiger partial charge in [0.25, 0.3) is 5.69 Å². The monoisotopic (exact) mass is 425 g/mol. The number of nitrogens with one attached hydrogen (secondary N) is 1. The summed E-state index contributed by atoms with van der Waals surface area (Å²) >= 11 is 0. The van der Waals surface area contributed by atoms with E-state index in [1.165, 1.54) is 67.7 Å². The van der Waals surface area contributed by atoms with Crippen LogP contribution in [0.25, 0.3) is 0 Å². The largest absolute Gasteiger partial charge is 0.359 e. The third-order valence-corrected chi connectivity index (χ3v) is 7.46. The second-order valence-electron chi connectivity index (χ2n) is 7.55. The van der Waals surface area contributed by atoms with Crippen LogP contribution >= 0.6 is 0 Å². The van der Waals surface area contributed by atoms with Gasteiger partial charge in [-0.05, 0) is 31.2 Å². The summed E-state index contributed by atoms with van der Waals surface area (Å²) in [6.45, 7) is 0.463. The molecule has 0 radical (unpaired) electrons. The van der Waals surface area contributed by atoms with Crippen LogP contribution in [0.4, 0.5) is 5.69 Å². The molecule has 0 saturated heterocycles. The predicted molar refractivity (Wildman–Crippen MR) is 111 cm³/mol. The average molecular weight is 426 g/mol. The van der Waals surface area contributed by atoms with Gasteiger partial charge in [-0.15, -0.1) is 0 Å². The summed E-state index contributed by atoms with van der Waals surface area (Å²) in [6, 6.07) is 5.43. The Labute approximate surface area is 172 Å². The summed E-state index contributed by atoms with van der Waals surface area (Å²) in [6.07, 6.45) is 8.35. The highest BCUT2D eigenvalue weighted by molar-refractivity contribution is 7.89. The first kappa shape index (κ1) is 23.3. The van der Waals surface area contributed by atoms with Crippen LogP contribution in [-0.2, 0) is 14.8 Å². The van der Waals surface area contributed by atoms with Crippen LogP contribution in [-0.4, -0.2) is 43.7 Å². The molecule has 1 saturated carbocycles. The van der Waals surface area contributed by atoms with Crippen molar-refractivity contribution in [1.82, 2.24) is 9.62 Å². The summed E-state index contributed by atoms with van der Waals surface area (Å²) in [5, 5.41) is 13.8. The summed E-state index contributed by atoms with van der Waals surface area (Å²) in [5.74, 6) is 0.473. The van der Waals surface area contributed by atoms with E-state index in [0.29, 0.717) is 25.3 Å². The number of hydrogen-bond donors (Lipinski definition) is 1. The summed E-state index contributed by atoms with van der Waals surface area (Å²) < 4.78 is 27.7. The Hall–Kier alpha value is -2.00. The van der Waals surface area contributed by atoms with Crippen molar-refractivity contribution in [1.29, 1.82) is 0 Å². The number of nitro benzene ring substituents is 1. The topological polar surface area (TPSA) is 110 Å². The fourth-order valence-electron chi connectivity index (χ4n) is 3.89. The van der Waals surface area contributed by atoms with E-state index in [1.807, 2.05) is 0 Å². The molecule has 1 aliphatic carbocycles. The van der Waals surface area contributed by atoms with Crippen molar-refractivity contribution in [2.75, 3.05) is 20.1 Å². The highest BCUT2D eigenvalue weighted by atomic mass is 32.2. The molecule has 29 heavy (non-hydrogen) atoms. The molecule has 9 heteroatoms. The molecule has 0 aromatic heterocycles. The van der Waals surface area contributed by atoms with Gasteiger partial charge in [0.05, 0.1) is 4.92 Å². The highest BCUT2D eigenvalue weighted by Crippen LogP contribution is 2.29. The zero-order valence-corrected chi connectivity index (χ0v) is 17.8. The van der Waals surface area contributed by atoms with E-state index in [0.717, 1.165) is 6.42 Å². The molecule has 0 heterocycles. The van der Waals surface area contributed by atoms with Gasteiger partial charge in [-0.1, -0.05) is 44.2 Å². The van der Waals surface area contributed by atoms with Crippen molar-refractivity contribution < 1.29 is 18.1 Å². The number of nitrogens with zero attached hydrogens (tertiary/aromatic N) is 2. The first-order valence-electron chi connectivity index (χ1n) is 10.3. The maximum atomic E-state index is 13.2. The van der Waals surface area contributed by atoms with Gasteiger partial charge in [-0.2, -0.15) is 4.31 Å². The Kier molecular flexibility index (Phi) is 9.03. The smallest absolute Gasteiger partial charge is 0.289 e. The number of rotatable bonds is 11. The number of hydrogen-bond acceptors (Lipinski definition) is 5. The first-order valence-corrected chi connectivity index (χ1v) is 11.7. The van der Waals surface area contributed by atoms with Crippen molar-refractivity contribution in [3.63, 3.8) is 0 Å². The average Bonchev–Trinajstić information content (AvgIpc) is 2.73. The molecule has 1 aromatic rings. The zero-order valence-electron chi connectivity index (χ0n) is 17.0. The minimum atomic E-state index is -4.02. The summed E-state index contributed by atoms with van der Waals surface area (Å²) in [4.78, 5) is 21.9. The lowest BCUT2D eigenvalue weighted by Crippen LogP contribution is -2.34. The van der Waals surface area contributed by atoms with Crippen molar-refractivity contribution in [3.8, 4) is 0 Å². The van der Waals surface area contributed by atoms with E-state index >= 15 is 0 Å². The first-order chi connectivity index (χ1) is 13.9.